The van der Waals surface area contributed by atoms with Crippen LogP contribution in [0.3, 0.4) is 0 Å². The lowest BCUT2D eigenvalue weighted by Crippen LogP contribution is -2.07. The third-order valence-corrected chi connectivity index (χ3v) is 2.37. The quantitative estimate of drug-likeness (QED) is 0.888. The number of nitrogens with zero attached hydrogens (tertiary/aromatic N) is 2. The van der Waals surface area contributed by atoms with E-state index >= 15 is 0 Å². The van der Waals surface area contributed by atoms with E-state index in [4.69, 9.17) is 10.5 Å². The van der Waals surface area contributed by atoms with Gasteiger partial charge in [0.25, 0.3) is 0 Å². The number of hydrogen-bond donors (Lipinski definition) is 1. The molecule has 0 spiro atoms. The van der Waals surface area contributed by atoms with Gasteiger partial charge in [-0.3, -0.25) is 4.68 Å². The van der Waals surface area contributed by atoms with Gasteiger partial charge in [-0.05, 0) is 25.1 Å². The highest BCUT2D eigenvalue weighted by atomic mass is 19.1. The first-order valence-electron chi connectivity index (χ1n) is 5.28. The van der Waals surface area contributed by atoms with Crippen LogP contribution < -0.4 is 10.5 Å². The maximum atomic E-state index is 13.1. The predicted molar refractivity (Wildman–Crippen MR) is 62.3 cm³/mol. The zero-order valence-corrected chi connectivity index (χ0v) is 9.72. The molecule has 1 aromatic heterocycles. The van der Waals surface area contributed by atoms with Crippen molar-refractivity contribution >= 4 is 0 Å². The molecule has 90 valence electrons. The average molecular weight is 235 g/mol. The van der Waals surface area contributed by atoms with Crippen molar-refractivity contribution in [1.29, 1.82) is 0 Å². The molecule has 2 N–H and O–H groups in total. The molecule has 2 aromatic rings. The molecule has 1 heterocycles. The highest BCUT2D eigenvalue weighted by Crippen LogP contribution is 2.29. The lowest BCUT2D eigenvalue weighted by atomic mass is 10.1. The zero-order chi connectivity index (χ0) is 12.4. The van der Waals surface area contributed by atoms with Crippen molar-refractivity contribution in [2.45, 2.75) is 13.0 Å². The fraction of sp³-hybridized carbons (Fsp3) is 0.250. The molecule has 0 radical (unpaired) electrons. The Bertz CT molecular complexity index is 522. The smallest absolute Gasteiger partial charge is 0.165 e. The summed E-state index contributed by atoms with van der Waals surface area (Å²) < 4.78 is 20.4. The molecule has 0 fully saturated rings. The SMILES string of the molecule is CC(N)c1cc(F)ccc1Oc1cnn(C)c1. The van der Waals surface area contributed by atoms with Crippen molar-refractivity contribution in [3.05, 3.63) is 42.0 Å². The molecular weight excluding hydrogens is 221 g/mol. The van der Waals surface area contributed by atoms with E-state index in [0.29, 0.717) is 17.1 Å². The molecule has 0 amide bonds. The summed E-state index contributed by atoms with van der Waals surface area (Å²) in [6.45, 7) is 1.78. The van der Waals surface area contributed by atoms with Gasteiger partial charge >= 0.3 is 0 Å². The second kappa shape index (κ2) is 4.55. The van der Waals surface area contributed by atoms with Gasteiger partial charge < -0.3 is 10.5 Å². The first-order valence-corrected chi connectivity index (χ1v) is 5.28. The minimum atomic E-state index is -0.323. The molecule has 0 aliphatic rings. The Labute approximate surface area is 98.8 Å². The number of ether oxygens (including phenoxy) is 1. The largest absolute Gasteiger partial charge is 0.454 e. The summed E-state index contributed by atoms with van der Waals surface area (Å²) in [6.07, 6.45) is 3.32. The van der Waals surface area contributed by atoms with E-state index in [1.807, 2.05) is 0 Å². The monoisotopic (exact) mass is 235 g/mol. The van der Waals surface area contributed by atoms with Crippen LogP contribution in [0.4, 0.5) is 4.39 Å². The Balaban J connectivity index is 2.32. The van der Waals surface area contributed by atoms with Gasteiger partial charge in [-0.1, -0.05) is 0 Å². The second-order valence-corrected chi connectivity index (χ2v) is 3.92. The van der Waals surface area contributed by atoms with E-state index in [2.05, 4.69) is 5.10 Å². The molecule has 0 aliphatic heterocycles. The molecular formula is C12H14FN3O. The van der Waals surface area contributed by atoms with Crippen LogP contribution in [0.2, 0.25) is 0 Å². The molecule has 1 unspecified atom stereocenters. The topological polar surface area (TPSA) is 53.1 Å². The van der Waals surface area contributed by atoms with Gasteiger partial charge in [-0.25, -0.2) is 4.39 Å². The summed E-state index contributed by atoms with van der Waals surface area (Å²) in [5.41, 5.74) is 6.41. The van der Waals surface area contributed by atoms with Crippen LogP contribution >= 0.6 is 0 Å². The summed E-state index contributed by atoms with van der Waals surface area (Å²) in [6, 6.07) is 4.01. The second-order valence-electron chi connectivity index (χ2n) is 3.92. The molecule has 0 bridgehead atoms. The molecule has 0 saturated heterocycles. The minimum Gasteiger partial charge on any atom is -0.454 e. The normalized spacial score (nSPS) is 12.5. The minimum absolute atomic E-state index is 0.294. The maximum Gasteiger partial charge on any atom is 0.165 e. The van der Waals surface area contributed by atoms with Crippen molar-refractivity contribution in [3.63, 3.8) is 0 Å². The van der Waals surface area contributed by atoms with Crippen LogP contribution in [0, 0.1) is 5.82 Å². The molecule has 17 heavy (non-hydrogen) atoms. The Morgan fingerprint density at radius 3 is 2.82 bits per heavy atom. The molecule has 5 heteroatoms. The zero-order valence-electron chi connectivity index (χ0n) is 9.72. The lowest BCUT2D eigenvalue weighted by Gasteiger charge is -2.12. The van der Waals surface area contributed by atoms with Crippen molar-refractivity contribution in [3.8, 4) is 11.5 Å². The van der Waals surface area contributed by atoms with Crippen LogP contribution in [-0.4, -0.2) is 9.78 Å². The van der Waals surface area contributed by atoms with Gasteiger partial charge in [0.05, 0.1) is 12.4 Å². The van der Waals surface area contributed by atoms with Gasteiger partial charge in [-0.2, -0.15) is 5.10 Å². The molecule has 2 rings (SSSR count). The number of hydrogen-bond acceptors (Lipinski definition) is 3. The highest BCUT2D eigenvalue weighted by Gasteiger charge is 2.11. The fourth-order valence-electron chi connectivity index (χ4n) is 1.55. The molecule has 1 aromatic carbocycles. The van der Waals surface area contributed by atoms with Crippen LogP contribution in [0.1, 0.15) is 18.5 Å². The Kier molecular flexibility index (Phi) is 3.10. The first-order chi connectivity index (χ1) is 8.06. The van der Waals surface area contributed by atoms with Crippen molar-refractivity contribution in [2.24, 2.45) is 12.8 Å². The summed E-state index contributed by atoms with van der Waals surface area (Å²) >= 11 is 0. The van der Waals surface area contributed by atoms with Crippen molar-refractivity contribution in [1.82, 2.24) is 9.78 Å². The van der Waals surface area contributed by atoms with Gasteiger partial charge in [0.2, 0.25) is 0 Å². The molecule has 0 aliphatic carbocycles. The number of rotatable bonds is 3. The third-order valence-electron chi connectivity index (χ3n) is 2.37. The van der Waals surface area contributed by atoms with E-state index in [1.54, 1.807) is 37.1 Å². The highest BCUT2D eigenvalue weighted by molar-refractivity contribution is 5.38. The van der Waals surface area contributed by atoms with Gasteiger partial charge in [0, 0.05) is 18.7 Å². The fourth-order valence-corrected chi connectivity index (χ4v) is 1.55. The number of benzene rings is 1. The van der Waals surface area contributed by atoms with Gasteiger partial charge in [0.15, 0.2) is 5.75 Å². The average Bonchev–Trinajstić information content (AvgIpc) is 2.66. The number of aromatic nitrogens is 2. The van der Waals surface area contributed by atoms with Crippen molar-refractivity contribution in [2.75, 3.05) is 0 Å². The maximum absolute atomic E-state index is 13.1. The van der Waals surface area contributed by atoms with Crippen LogP contribution in [0.25, 0.3) is 0 Å². The Morgan fingerprint density at radius 2 is 2.24 bits per heavy atom. The summed E-state index contributed by atoms with van der Waals surface area (Å²) in [4.78, 5) is 0. The van der Waals surface area contributed by atoms with E-state index in [-0.39, 0.29) is 11.9 Å². The summed E-state index contributed by atoms with van der Waals surface area (Å²) in [5.74, 6) is 0.825. The molecule has 1 atom stereocenters. The van der Waals surface area contributed by atoms with E-state index in [0.717, 1.165) is 0 Å². The van der Waals surface area contributed by atoms with Gasteiger partial charge in [-0.15, -0.1) is 0 Å². The Morgan fingerprint density at radius 1 is 1.47 bits per heavy atom. The predicted octanol–water partition coefficient (Wildman–Crippen LogP) is 2.37. The molecule has 0 saturated carbocycles. The molecule has 4 nitrogen and oxygen atoms in total. The van der Waals surface area contributed by atoms with Crippen LogP contribution in [0.15, 0.2) is 30.6 Å². The van der Waals surface area contributed by atoms with Crippen LogP contribution in [0.5, 0.6) is 11.5 Å². The Hall–Kier alpha value is -1.88. The van der Waals surface area contributed by atoms with E-state index < -0.39 is 0 Å². The lowest BCUT2D eigenvalue weighted by molar-refractivity contribution is 0.468. The summed E-state index contributed by atoms with van der Waals surface area (Å²) in [5, 5.41) is 3.99. The number of aryl methyl sites for hydroxylation is 1. The first kappa shape index (κ1) is 11.6. The van der Waals surface area contributed by atoms with Crippen LogP contribution in [-0.2, 0) is 7.05 Å². The third kappa shape index (κ3) is 2.62. The van der Waals surface area contributed by atoms with Gasteiger partial charge in [0.1, 0.15) is 11.6 Å². The number of halogens is 1. The van der Waals surface area contributed by atoms with E-state index in [9.17, 15) is 4.39 Å². The number of nitrogens with two attached hydrogens (primary N) is 1. The standard InChI is InChI=1S/C12H14FN3O/c1-8(14)11-5-9(13)3-4-12(11)17-10-6-15-16(2)7-10/h3-8H,14H2,1-2H3. The summed E-state index contributed by atoms with van der Waals surface area (Å²) in [7, 11) is 1.80. The van der Waals surface area contributed by atoms with E-state index in [1.165, 1.54) is 12.1 Å². The van der Waals surface area contributed by atoms with Crippen molar-refractivity contribution < 1.29 is 9.13 Å².